The molecule has 2 N–H and O–H groups in total. The number of fused-ring (bicyclic) bond motifs is 2. The van der Waals surface area contributed by atoms with Crippen LogP contribution in [0.3, 0.4) is 0 Å². The number of hydrogen-bond acceptors (Lipinski definition) is 5. The fourth-order valence-corrected chi connectivity index (χ4v) is 4.89. The van der Waals surface area contributed by atoms with E-state index in [0.29, 0.717) is 17.9 Å². The molecule has 1 aromatic heterocycles. The first-order chi connectivity index (χ1) is 15.0. The van der Waals surface area contributed by atoms with Crippen molar-refractivity contribution in [2.75, 3.05) is 6.61 Å². The maximum Gasteiger partial charge on any atom is 0.340 e. The van der Waals surface area contributed by atoms with Crippen LogP contribution in [0.4, 0.5) is 0 Å². The molecule has 2 aliphatic rings. The Kier molecular flexibility index (Phi) is 4.58. The monoisotopic (exact) mass is 416 g/mol. The summed E-state index contributed by atoms with van der Waals surface area (Å²) in [6.07, 6.45) is 1.81. The van der Waals surface area contributed by atoms with Crippen LogP contribution in [0.2, 0.25) is 0 Å². The molecule has 158 valence electrons. The minimum absolute atomic E-state index is 0.0138. The molecule has 0 saturated heterocycles. The predicted octanol–water partition coefficient (Wildman–Crippen LogP) is 3.51. The van der Waals surface area contributed by atoms with Crippen LogP contribution in [0, 0.1) is 6.92 Å². The molecule has 0 radical (unpaired) electrons. The van der Waals surface area contributed by atoms with E-state index < -0.39 is 11.9 Å². The zero-order chi connectivity index (χ0) is 21.7. The van der Waals surface area contributed by atoms with Gasteiger partial charge in [-0.3, -0.25) is 4.79 Å². The van der Waals surface area contributed by atoms with Gasteiger partial charge in [-0.05, 0) is 49.4 Å². The number of nitrogens with two attached hydrogens (primary N) is 1. The SMILES string of the molecule is CCOC(=O)C1=C(N)Oc2c(c(=O)n3c4c(cccc24)CCC3)C1c1ccccc1C. The Labute approximate surface area is 179 Å². The second-order valence-electron chi connectivity index (χ2n) is 8.01. The molecule has 0 amide bonds. The maximum absolute atomic E-state index is 13.8. The van der Waals surface area contributed by atoms with Gasteiger partial charge >= 0.3 is 5.97 Å². The molecular weight excluding hydrogens is 392 g/mol. The zero-order valence-corrected chi connectivity index (χ0v) is 17.6. The summed E-state index contributed by atoms with van der Waals surface area (Å²) in [5.74, 6) is -0.792. The molecular formula is C25H24N2O4. The number of nitrogens with zero attached hydrogens (tertiary/aromatic N) is 1. The van der Waals surface area contributed by atoms with E-state index in [1.165, 1.54) is 0 Å². The number of aromatic nitrogens is 1. The van der Waals surface area contributed by atoms with Crippen LogP contribution in [0.25, 0.3) is 10.9 Å². The summed E-state index contributed by atoms with van der Waals surface area (Å²) in [5, 5.41) is 0.844. The second kappa shape index (κ2) is 7.30. The Morgan fingerprint density at radius 1 is 1.23 bits per heavy atom. The molecule has 1 unspecified atom stereocenters. The lowest BCUT2D eigenvalue weighted by Crippen LogP contribution is -2.36. The minimum Gasteiger partial charge on any atom is -0.462 e. The van der Waals surface area contributed by atoms with E-state index >= 15 is 0 Å². The molecule has 0 aliphatic carbocycles. The first-order valence-corrected chi connectivity index (χ1v) is 10.6. The van der Waals surface area contributed by atoms with Crippen LogP contribution < -0.4 is 16.0 Å². The van der Waals surface area contributed by atoms with E-state index in [2.05, 4.69) is 6.07 Å². The fourth-order valence-electron chi connectivity index (χ4n) is 4.89. The van der Waals surface area contributed by atoms with Gasteiger partial charge in [-0.2, -0.15) is 0 Å². The van der Waals surface area contributed by atoms with Crippen LogP contribution in [0.5, 0.6) is 5.75 Å². The maximum atomic E-state index is 13.8. The lowest BCUT2D eigenvalue weighted by Gasteiger charge is -2.31. The van der Waals surface area contributed by atoms with Crippen molar-refractivity contribution in [1.82, 2.24) is 4.57 Å². The van der Waals surface area contributed by atoms with Gasteiger partial charge in [-0.1, -0.05) is 36.4 Å². The van der Waals surface area contributed by atoms with Crippen molar-refractivity contribution >= 4 is 16.9 Å². The van der Waals surface area contributed by atoms with Crippen molar-refractivity contribution < 1.29 is 14.3 Å². The normalized spacial score (nSPS) is 17.3. The number of esters is 1. The summed E-state index contributed by atoms with van der Waals surface area (Å²) in [4.78, 5) is 26.8. The van der Waals surface area contributed by atoms with E-state index in [1.54, 1.807) is 6.92 Å². The van der Waals surface area contributed by atoms with Crippen LogP contribution in [0.1, 0.15) is 41.5 Å². The summed E-state index contributed by atoms with van der Waals surface area (Å²) in [5.41, 5.74) is 10.6. The number of ether oxygens (including phenoxy) is 2. The smallest absolute Gasteiger partial charge is 0.340 e. The molecule has 1 atom stereocenters. The summed E-state index contributed by atoms with van der Waals surface area (Å²) in [6.45, 7) is 4.54. The summed E-state index contributed by atoms with van der Waals surface area (Å²) >= 11 is 0. The number of carbonyl (C=O) groups is 1. The third-order valence-electron chi connectivity index (χ3n) is 6.23. The predicted molar refractivity (Wildman–Crippen MR) is 118 cm³/mol. The molecule has 2 aromatic carbocycles. The third kappa shape index (κ3) is 2.86. The van der Waals surface area contributed by atoms with Crippen LogP contribution >= 0.6 is 0 Å². The molecule has 3 aromatic rings. The number of rotatable bonds is 3. The van der Waals surface area contributed by atoms with Gasteiger partial charge in [0, 0.05) is 11.9 Å². The summed E-state index contributed by atoms with van der Waals surface area (Å²) < 4.78 is 13.2. The van der Waals surface area contributed by atoms with Crippen molar-refractivity contribution in [3.05, 3.63) is 86.5 Å². The fraction of sp³-hybridized carbons (Fsp3) is 0.280. The molecule has 6 nitrogen and oxygen atoms in total. The molecule has 0 saturated carbocycles. The highest BCUT2D eigenvalue weighted by Gasteiger charge is 2.40. The molecule has 5 rings (SSSR count). The van der Waals surface area contributed by atoms with E-state index in [4.69, 9.17) is 15.2 Å². The molecule has 3 heterocycles. The van der Waals surface area contributed by atoms with Gasteiger partial charge in [0.2, 0.25) is 5.88 Å². The Morgan fingerprint density at radius 3 is 2.81 bits per heavy atom. The largest absolute Gasteiger partial charge is 0.462 e. The average molecular weight is 416 g/mol. The number of aryl methyl sites for hydroxylation is 3. The number of para-hydroxylation sites is 1. The van der Waals surface area contributed by atoms with Crippen LogP contribution in [-0.4, -0.2) is 17.1 Å². The highest BCUT2D eigenvalue weighted by molar-refractivity contribution is 5.96. The first kappa shape index (κ1) is 19.4. The number of hydrogen-bond donors (Lipinski definition) is 1. The van der Waals surface area contributed by atoms with Crippen molar-refractivity contribution in [1.29, 1.82) is 0 Å². The average Bonchev–Trinajstić information content (AvgIpc) is 2.77. The lowest BCUT2D eigenvalue weighted by atomic mass is 9.80. The number of benzene rings is 2. The van der Waals surface area contributed by atoms with Gasteiger partial charge in [0.25, 0.3) is 5.56 Å². The summed E-state index contributed by atoms with van der Waals surface area (Å²) in [6, 6.07) is 13.7. The highest BCUT2D eigenvalue weighted by Crippen LogP contribution is 2.45. The molecule has 2 aliphatic heterocycles. The quantitative estimate of drug-likeness (QED) is 0.661. The van der Waals surface area contributed by atoms with E-state index in [-0.39, 0.29) is 23.6 Å². The Balaban J connectivity index is 1.89. The van der Waals surface area contributed by atoms with Gasteiger partial charge in [0.1, 0.15) is 11.3 Å². The van der Waals surface area contributed by atoms with E-state index in [1.807, 2.05) is 47.9 Å². The molecule has 6 heteroatoms. The van der Waals surface area contributed by atoms with Crippen molar-refractivity contribution in [3.8, 4) is 5.75 Å². The number of carbonyl (C=O) groups excluding carboxylic acids is 1. The molecule has 31 heavy (non-hydrogen) atoms. The highest BCUT2D eigenvalue weighted by atomic mass is 16.5. The molecule has 0 fully saturated rings. The van der Waals surface area contributed by atoms with E-state index in [0.717, 1.165) is 40.4 Å². The van der Waals surface area contributed by atoms with Crippen molar-refractivity contribution in [3.63, 3.8) is 0 Å². The third-order valence-corrected chi connectivity index (χ3v) is 6.23. The minimum atomic E-state index is -0.657. The first-order valence-electron chi connectivity index (χ1n) is 10.6. The molecule has 0 spiro atoms. The topological polar surface area (TPSA) is 83.6 Å². The van der Waals surface area contributed by atoms with Crippen molar-refractivity contribution in [2.45, 2.75) is 39.2 Å². The van der Waals surface area contributed by atoms with Crippen LogP contribution in [0.15, 0.2) is 58.7 Å². The van der Waals surface area contributed by atoms with E-state index in [9.17, 15) is 9.59 Å². The second-order valence-corrected chi connectivity index (χ2v) is 8.01. The zero-order valence-electron chi connectivity index (χ0n) is 17.6. The number of pyridine rings is 1. The summed E-state index contributed by atoms with van der Waals surface area (Å²) in [7, 11) is 0. The Morgan fingerprint density at radius 2 is 2.03 bits per heavy atom. The van der Waals surface area contributed by atoms with Gasteiger partial charge in [0.15, 0.2) is 0 Å². The molecule has 0 bridgehead atoms. The van der Waals surface area contributed by atoms with Gasteiger partial charge in [0.05, 0.1) is 23.6 Å². The Hall–Kier alpha value is -3.54. The van der Waals surface area contributed by atoms with Gasteiger partial charge < -0.3 is 19.8 Å². The van der Waals surface area contributed by atoms with Crippen LogP contribution in [-0.2, 0) is 22.5 Å². The van der Waals surface area contributed by atoms with Gasteiger partial charge in [-0.15, -0.1) is 0 Å². The lowest BCUT2D eigenvalue weighted by molar-refractivity contribution is -0.139. The standard InChI is InChI=1S/C25H24N2O4/c1-3-30-25(29)20-18(16-11-5-4-8-14(16)2)19-22(31-23(20)26)17-12-6-9-15-10-7-13-27(21(15)17)24(19)28/h4-6,8-9,11-12,18H,3,7,10,13,26H2,1-2H3. The Bertz CT molecular complexity index is 1320. The van der Waals surface area contributed by atoms with Crippen molar-refractivity contribution in [2.24, 2.45) is 5.73 Å². The van der Waals surface area contributed by atoms with Gasteiger partial charge in [-0.25, -0.2) is 4.79 Å².